The van der Waals surface area contributed by atoms with Crippen LogP contribution in [-0.4, -0.2) is 29.4 Å². The molecule has 0 bridgehead atoms. The summed E-state index contributed by atoms with van der Waals surface area (Å²) in [6, 6.07) is 10.8. The number of hydrogen-bond acceptors (Lipinski definition) is 6. The van der Waals surface area contributed by atoms with Crippen LogP contribution in [0.25, 0.3) is 6.08 Å². The molecule has 0 atom stereocenters. The molecule has 1 aliphatic rings. The molecule has 9 nitrogen and oxygen atoms in total. The number of anilines is 1. The van der Waals surface area contributed by atoms with E-state index >= 15 is 0 Å². The lowest BCUT2D eigenvalue weighted by atomic mass is 10.1. The number of nitrogens with zero attached hydrogens (tertiary/aromatic N) is 2. The van der Waals surface area contributed by atoms with Crippen molar-refractivity contribution in [3.63, 3.8) is 0 Å². The number of nitro benzene ring substituents is 1. The zero-order valence-corrected chi connectivity index (χ0v) is 14.7. The van der Waals surface area contributed by atoms with Crippen LogP contribution in [0.5, 0.6) is 5.75 Å². The van der Waals surface area contributed by atoms with Crippen LogP contribution in [0.15, 0.2) is 54.1 Å². The van der Waals surface area contributed by atoms with Gasteiger partial charge in [-0.25, -0.2) is 9.69 Å². The van der Waals surface area contributed by atoms with E-state index in [-0.39, 0.29) is 22.5 Å². The highest BCUT2D eigenvalue weighted by molar-refractivity contribution is 6.39. The molecule has 1 heterocycles. The van der Waals surface area contributed by atoms with E-state index in [1.54, 1.807) is 12.1 Å². The number of barbiturate groups is 1. The molecule has 3 rings (SSSR count). The summed E-state index contributed by atoms with van der Waals surface area (Å²) in [6.45, 7) is 2.29. The van der Waals surface area contributed by atoms with Gasteiger partial charge in [-0.15, -0.1) is 0 Å². The average Bonchev–Trinajstić information content (AvgIpc) is 2.67. The highest BCUT2D eigenvalue weighted by atomic mass is 16.6. The molecule has 0 radical (unpaired) electrons. The monoisotopic (exact) mass is 381 g/mol. The number of nitrogens with one attached hydrogen (secondary N) is 1. The summed E-state index contributed by atoms with van der Waals surface area (Å²) in [4.78, 5) is 48.3. The van der Waals surface area contributed by atoms with Gasteiger partial charge >= 0.3 is 6.03 Å². The Morgan fingerprint density at radius 2 is 1.86 bits per heavy atom. The second-order valence-electron chi connectivity index (χ2n) is 5.74. The first-order valence-electron chi connectivity index (χ1n) is 8.29. The lowest BCUT2D eigenvalue weighted by Crippen LogP contribution is -2.54. The Balaban J connectivity index is 1.96. The Labute approximate surface area is 159 Å². The third-order valence-corrected chi connectivity index (χ3v) is 3.90. The van der Waals surface area contributed by atoms with Crippen LogP contribution in [0, 0.1) is 10.1 Å². The molecule has 9 heteroatoms. The Morgan fingerprint density at radius 1 is 1.14 bits per heavy atom. The van der Waals surface area contributed by atoms with Gasteiger partial charge in [0.25, 0.3) is 17.5 Å². The van der Waals surface area contributed by atoms with Crippen LogP contribution in [0.4, 0.5) is 16.2 Å². The number of benzene rings is 2. The van der Waals surface area contributed by atoms with Crippen LogP contribution < -0.4 is 15.0 Å². The molecule has 28 heavy (non-hydrogen) atoms. The molecule has 1 aliphatic heterocycles. The number of hydrogen-bond donors (Lipinski definition) is 1. The van der Waals surface area contributed by atoms with Gasteiger partial charge in [-0.2, -0.15) is 0 Å². The first-order chi connectivity index (χ1) is 13.4. The average molecular weight is 381 g/mol. The SMILES string of the molecule is CCOc1ccc(N2C(=O)NC(=O)C(=Cc3cccc([N+](=O)[O-])c3)C2=O)cc1. The molecule has 1 fully saturated rings. The number of imide groups is 2. The first-order valence-corrected chi connectivity index (χ1v) is 8.29. The van der Waals surface area contributed by atoms with Gasteiger partial charge in [0.1, 0.15) is 11.3 Å². The van der Waals surface area contributed by atoms with Gasteiger partial charge in [-0.3, -0.25) is 25.0 Å². The van der Waals surface area contributed by atoms with Crippen LogP contribution in [0.3, 0.4) is 0 Å². The molecule has 2 aromatic carbocycles. The molecule has 0 unspecified atom stereocenters. The van der Waals surface area contributed by atoms with Gasteiger partial charge in [0.05, 0.1) is 17.2 Å². The van der Waals surface area contributed by atoms with E-state index in [1.807, 2.05) is 6.92 Å². The molecule has 4 amide bonds. The van der Waals surface area contributed by atoms with Crippen LogP contribution in [0.1, 0.15) is 12.5 Å². The topological polar surface area (TPSA) is 119 Å². The summed E-state index contributed by atoms with van der Waals surface area (Å²) < 4.78 is 5.33. The molecule has 0 spiro atoms. The van der Waals surface area contributed by atoms with Crippen molar-refractivity contribution < 1.29 is 24.0 Å². The van der Waals surface area contributed by atoms with Crippen LogP contribution >= 0.6 is 0 Å². The molecule has 0 aliphatic carbocycles. The fourth-order valence-corrected chi connectivity index (χ4v) is 2.64. The minimum atomic E-state index is -0.879. The maximum Gasteiger partial charge on any atom is 0.335 e. The molecule has 142 valence electrons. The summed E-state index contributed by atoms with van der Waals surface area (Å²) in [5.74, 6) is -1.13. The second-order valence-corrected chi connectivity index (χ2v) is 5.74. The third-order valence-electron chi connectivity index (χ3n) is 3.90. The van der Waals surface area contributed by atoms with E-state index in [2.05, 4.69) is 5.32 Å². The lowest BCUT2D eigenvalue weighted by molar-refractivity contribution is -0.384. The van der Waals surface area contributed by atoms with Crippen molar-refractivity contribution in [3.8, 4) is 5.75 Å². The van der Waals surface area contributed by atoms with Gasteiger partial charge in [-0.05, 0) is 42.8 Å². The van der Waals surface area contributed by atoms with Crippen molar-refractivity contribution in [2.45, 2.75) is 6.92 Å². The summed E-state index contributed by atoms with van der Waals surface area (Å²) in [7, 11) is 0. The number of non-ortho nitro benzene ring substituents is 1. The van der Waals surface area contributed by atoms with Gasteiger partial charge in [-0.1, -0.05) is 12.1 Å². The van der Waals surface area contributed by atoms with Gasteiger partial charge < -0.3 is 4.74 Å². The van der Waals surface area contributed by atoms with E-state index in [4.69, 9.17) is 4.74 Å². The predicted octanol–water partition coefficient (Wildman–Crippen LogP) is 2.66. The highest BCUT2D eigenvalue weighted by Crippen LogP contribution is 2.25. The smallest absolute Gasteiger partial charge is 0.335 e. The van der Waals surface area contributed by atoms with Crippen molar-refractivity contribution >= 4 is 35.3 Å². The summed E-state index contributed by atoms with van der Waals surface area (Å²) >= 11 is 0. The Hall–Kier alpha value is -4.01. The first kappa shape index (κ1) is 18.8. The Bertz CT molecular complexity index is 997. The predicted molar refractivity (Wildman–Crippen MR) is 99.7 cm³/mol. The number of ether oxygens (including phenoxy) is 1. The van der Waals surface area contributed by atoms with E-state index in [0.717, 1.165) is 4.90 Å². The van der Waals surface area contributed by atoms with Crippen molar-refractivity contribution in [1.29, 1.82) is 0 Å². The van der Waals surface area contributed by atoms with Crippen LogP contribution in [-0.2, 0) is 9.59 Å². The summed E-state index contributed by atoms with van der Waals surface area (Å²) in [6.07, 6.45) is 1.21. The van der Waals surface area contributed by atoms with Crippen LogP contribution in [0.2, 0.25) is 0 Å². The van der Waals surface area contributed by atoms with Gasteiger partial charge in [0.2, 0.25) is 0 Å². The van der Waals surface area contributed by atoms with Crippen molar-refractivity contribution in [1.82, 2.24) is 5.32 Å². The minimum Gasteiger partial charge on any atom is -0.494 e. The lowest BCUT2D eigenvalue weighted by Gasteiger charge is -2.26. The second kappa shape index (κ2) is 7.70. The van der Waals surface area contributed by atoms with Crippen molar-refractivity contribution in [2.24, 2.45) is 0 Å². The van der Waals surface area contributed by atoms with E-state index in [0.29, 0.717) is 12.4 Å². The third kappa shape index (κ3) is 3.73. The molecular formula is C19H15N3O6. The molecule has 0 saturated carbocycles. The normalized spacial score (nSPS) is 15.5. The van der Waals surface area contributed by atoms with Gasteiger partial charge in [0, 0.05) is 12.1 Å². The number of urea groups is 1. The number of rotatable bonds is 5. The van der Waals surface area contributed by atoms with Gasteiger partial charge in [0.15, 0.2) is 0 Å². The fraction of sp³-hybridized carbons (Fsp3) is 0.105. The summed E-state index contributed by atoms with van der Waals surface area (Å²) in [5.41, 5.74) is 0.0449. The summed E-state index contributed by atoms with van der Waals surface area (Å²) in [5, 5.41) is 13.0. The highest BCUT2D eigenvalue weighted by Gasteiger charge is 2.36. The quantitative estimate of drug-likeness (QED) is 0.368. The standard InChI is InChI=1S/C19H15N3O6/c1-2-28-15-8-6-13(7-9-15)21-18(24)16(17(23)20-19(21)25)11-12-4-3-5-14(10-12)22(26)27/h3-11H,2H2,1H3,(H,20,23,25). The fourth-order valence-electron chi connectivity index (χ4n) is 2.64. The number of carbonyl (C=O) groups is 3. The minimum absolute atomic E-state index is 0.183. The molecule has 2 aromatic rings. The maximum absolute atomic E-state index is 12.8. The Kier molecular flexibility index (Phi) is 5.16. The zero-order chi connectivity index (χ0) is 20.3. The van der Waals surface area contributed by atoms with E-state index in [9.17, 15) is 24.5 Å². The molecule has 0 aromatic heterocycles. The number of nitro groups is 1. The molecule has 1 saturated heterocycles. The zero-order valence-electron chi connectivity index (χ0n) is 14.7. The Morgan fingerprint density at radius 3 is 2.50 bits per heavy atom. The number of amides is 4. The van der Waals surface area contributed by atoms with E-state index < -0.39 is 22.8 Å². The van der Waals surface area contributed by atoms with E-state index in [1.165, 1.54) is 42.5 Å². The van der Waals surface area contributed by atoms with Crippen molar-refractivity contribution in [2.75, 3.05) is 11.5 Å². The van der Waals surface area contributed by atoms with Crippen molar-refractivity contribution in [3.05, 3.63) is 69.8 Å². The largest absolute Gasteiger partial charge is 0.494 e. The molecule has 1 N–H and O–H groups in total. The maximum atomic E-state index is 12.8. The molecular weight excluding hydrogens is 366 g/mol. The number of carbonyl (C=O) groups excluding carboxylic acids is 3.